The van der Waals surface area contributed by atoms with Crippen molar-refractivity contribution in [2.75, 3.05) is 6.61 Å². The largest absolute Gasteiger partial charge is 0.396 e. The van der Waals surface area contributed by atoms with Gasteiger partial charge in [-0.05, 0) is 25.2 Å². The zero-order chi connectivity index (χ0) is 13.4. The van der Waals surface area contributed by atoms with E-state index in [0.717, 1.165) is 19.3 Å². The van der Waals surface area contributed by atoms with Crippen LogP contribution in [-0.2, 0) is 4.52 Å². The summed E-state index contributed by atoms with van der Waals surface area (Å²) in [5.74, 6) is 0.358. The highest BCUT2D eigenvalue weighted by Gasteiger charge is 2.41. The van der Waals surface area contributed by atoms with Crippen molar-refractivity contribution in [3.8, 4) is 0 Å². The second kappa shape index (κ2) is 8.48. The average Bonchev–Trinajstić information content (AvgIpc) is 2.65. The van der Waals surface area contributed by atoms with Gasteiger partial charge in [-0.25, -0.2) is 0 Å². The molecule has 0 bridgehead atoms. The molecule has 1 unspecified atom stereocenters. The van der Waals surface area contributed by atoms with Gasteiger partial charge in [-0.15, -0.1) is 11.6 Å². The summed E-state index contributed by atoms with van der Waals surface area (Å²) in [5, 5.41) is 9.53. The fraction of sp³-hybridized carbons (Fsp3) is 0.846. The van der Waals surface area contributed by atoms with Crippen molar-refractivity contribution < 1.29 is 9.63 Å². The number of aliphatic hydroxyl groups excluding tert-OH is 1. The lowest BCUT2D eigenvalue weighted by Crippen LogP contribution is -2.24. The molecule has 1 rings (SSSR count). The fourth-order valence-corrected chi connectivity index (χ4v) is 3.26. The Morgan fingerprint density at radius 1 is 1.53 bits per heavy atom. The first kappa shape index (κ1) is 13.8. The second-order valence-electron chi connectivity index (χ2n) is 4.77. The summed E-state index contributed by atoms with van der Waals surface area (Å²) in [7, 11) is -0.275. The van der Waals surface area contributed by atoms with E-state index in [0.29, 0.717) is 0 Å². The molecule has 1 aliphatic rings. The smallest absolute Gasteiger partial charge is 0.0851 e. The molecule has 0 aliphatic heterocycles. The Balaban J connectivity index is 2.44. The van der Waals surface area contributed by atoms with Crippen LogP contribution in [0.1, 0.15) is 39.0 Å². The highest BCUT2D eigenvalue weighted by molar-refractivity contribution is 7.09. The van der Waals surface area contributed by atoms with E-state index in [-0.39, 0.29) is 39.3 Å². The molecule has 100 valence electrons. The van der Waals surface area contributed by atoms with Crippen LogP contribution in [0.15, 0.2) is 12.2 Å². The molecule has 0 aromatic heterocycles. The summed E-state index contributed by atoms with van der Waals surface area (Å²) in [6, 6.07) is 0. The number of alkyl halides is 1. The number of hydrogen-bond acceptors (Lipinski definition) is 2. The Morgan fingerprint density at radius 3 is 3.00 bits per heavy atom. The molecule has 1 fully saturated rings. The van der Waals surface area contributed by atoms with Crippen LogP contribution in [0, 0.1) is 11.8 Å². The summed E-state index contributed by atoms with van der Waals surface area (Å²) in [6.45, 7) is 2.29. The predicted molar refractivity (Wildman–Crippen MR) is 76.2 cm³/mol. The van der Waals surface area contributed by atoms with E-state index in [1.807, 2.05) is 0 Å². The Bertz CT molecular complexity index is 253. The van der Waals surface area contributed by atoms with E-state index in [4.69, 9.17) is 17.4 Å². The molecular weight excluding hydrogens is 255 g/mol. The van der Waals surface area contributed by atoms with Crippen LogP contribution in [0.5, 0.6) is 0 Å². The molecule has 0 saturated heterocycles. The second-order valence-corrected chi connectivity index (χ2v) is 5.56. The molecule has 1 aliphatic carbocycles. The highest BCUT2D eigenvalue weighted by Crippen LogP contribution is 2.40. The SMILES string of the molecule is [3H]PO[C@@H]1C[C@@H](Cl)[C@H](C/C=C\CCCC)[C@H]1CO. The summed E-state index contributed by atoms with van der Waals surface area (Å²) < 4.78 is 12.5. The number of allylic oxidation sites excluding steroid dienone is 2. The van der Waals surface area contributed by atoms with Gasteiger partial charge in [0.15, 0.2) is 0 Å². The van der Waals surface area contributed by atoms with E-state index in [1.54, 1.807) is 0 Å². The van der Waals surface area contributed by atoms with Crippen LogP contribution in [0.2, 0.25) is 0 Å². The summed E-state index contributed by atoms with van der Waals surface area (Å²) in [6.07, 6.45) is 9.57. The Hall–Kier alpha value is 0.380. The molecule has 1 N–H and O–H groups in total. The quantitative estimate of drug-likeness (QED) is 0.319. The summed E-state index contributed by atoms with van der Waals surface area (Å²) >= 11 is 6.34. The van der Waals surface area contributed by atoms with E-state index >= 15 is 0 Å². The van der Waals surface area contributed by atoms with Gasteiger partial charge in [-0.2, -0.15) is 0 Å². The number of unbranched alkanes of at least 4 members (excludes halogenated alkanes) is 2. The van der Waals surface area contributed by atoms with Crippen molar-refractivity contribution in [3.05, 3.63) is 12.2 Å². The van der Waals surface area contributed by atoms with Gasteiger partial charge in [0.1, 0.15) is 0 Å². The third-order valence-electron chi connectivity index (χ3n) is 3.61. The van der Waals surface area contributed by atoms with Crippen molar-refractivity contribution in [2.45, 2.75) is 50.5 Å². The molecule has 0 aromatic carbocycles. The lowest BCUT2D eigenvalue weighted by molar-refractivity contribution is 0.104. The van der Waals surface area contributed by atoms with E-state index in [9.17, 15) is 5.11 Å². The molecule has 5 atom stereocenters. The van der Waals surface area contributed by atoms with Gasteiger partial charge in [-0.3, -0.25) is 0 Å². The Morgan fingerprint density at radius 2 is 2.35 bits per heavy atom. The van der Waals surface area contributed by atoms with Gasteiger partial charge in [0.25, 0.3) is 0 Å². The minimum absolute atomic E-state index is 0.0395. The zero-order valence-electron chi connectivity index (χ0n) is 11.4. The molecule has 17 heavy (non-hydrogen) atoms. The van der Waals surface area contributed by atoms with Crippen LogP contribution in [0.25, 0.3) is 0 Å². The molecule has 0 radical (unpaired) electrons. The predicted octanol–water partition coefficient (Wildman–Crippen LogP) is 3.53. The van der Waals surface area contributed by atoms with Crippen molar-refractivity contribution in [1.29, 1.82) is 1.28 Å². The van der Waals surface area contributed by atoms with Crippen LogP contribution >= 0.6 is 21.0 Å². The van der Waals surface area contributed by atoms with Crippen molar-refractivity contribution in [2.24, 2.45) is 11.8 Å². The fourth-order valence-electron chi connectivity index (χ4n) is 2.52. The molecule has 4 heteroatoms. The van der Waals surface area contributed by atoms with Crippen LogP contribution in [0.3, 0.4) is 0 Å². The number of aliphatic hydroxyl groups is 1. The van der Waals surface area contributed by atoms with Crippen molar-refractivity contribution in [3.63, 3.8) is 0 Å². The summed E-state index contributed by atoms with van der Waals surface area (Å²) in [4.78, 5) is 0. The molecular formula is C13H24ClO2P. The maximum atomic E-state index is 9.47. The van der Waals surface area contributed by atoms with E-state index in [2.05, 4.69) is 19.1 Å². The van der Waals surface area contributed by atoms with Gasteiger partial charge in [0, 0.05) is 27.3 Å². The topological polar surface area (TPSA) is 29.5 Å². The number of halogens is 1. The minimum atomic E-state index is -0.275. The molecule has 0 amide bonds. The first-order chi connectivity index (χ1) is 8.74. The monoisotopic (exact) mass is 280 g/mol. The van der Waals surface area contributed by atoms with Gasteiger partial charge in [-0.1, -0.05) is 31.9 Å². The van der Waals surface area contributed by atoms with Gasteiger partial charge < -0.3 is 9.63 Å². The van der Waals surface area contributed by atoms with Gasteiger partial charge in [0.05, 0.1) is 7.38 Å². The minimum Gasteiger partial charge on any atom is -0.396 e. The zero-order valence-corrected chi connectivity index (χ0v) is 12.2. The molecule has 0 aromatic rings. The molecule has 1 saturated carbocycles. The van der Waals surface area contributed by atoms with Crippen LogP contribution < -0.4 is 0 Å². The third kappa shape index (κ3) is 4.52. The highest BCUT2D eigenvalue weighted by atomic mass is 35.5. The van der Waals surface area contributed by atoms with Gasteiger partial charge in [0.2, 0.25) is 0 Å². The van der Waals surface area contributed by atoms with Crippen molar-refractivity contribution >= 4 is 21.0 Å². The maximum absolute atomic E-state index is 9.47. The standard InChI is InChI=1S/C13H24ClO2P/c1-2-3-4-5-6-7-10-11(9-15)13(16-17)8-12(10)14/h5-6,10-13,15H,2-4,7-9,17H2,1H3/b6-5-/t10-,11-,12-,13-/m1/s1/i17T/t10-,11-,12-,13-,17?. The first-order valence-electron chi connectivity index (χ1n) is 6.96. The molecule has 0 spiro atoms. The molecule has 0 heterocycles. The third-order valence-corrected chi connectivity index (χ3v) is 4.42. The first-order valence-corrected chi connectivity index (χ1v) is 7.31. The normalized spacial score (nSPS) is 35.1. The lowest BCUT2D eigenvalue weighted by atomic mass is 9.92. The summed E-state index contributed by atoms with van der Waals surface area (Å²) in [5.41, 5.74) is 0. The lowest BCUT2D eigenvalue weighted by Gasteiger charge is -2.21. The Labute approximate surface area is 113 Å². The average molecular weight is 281 g/mol. The van der Waals surface area contributed by atoms with E-state index in [1.165, 1.54) is 12.8 Å². The van der Waals surface area contributed by atoms with Crippen LogP contribution in [-0.4, -0.2) is 24.5 Å². The maximum Gasteiger partial charge on any atom is 0.0851 e. The van der Waals surface area contributed by atoms with Crippen LogP contribution in [0.4, 0.5) is 0 Å². The van der Waals surface area contributed by atoms with Gasteiger partial charge >= 0.3 is 0 Å². The molecule has 2 nitrogen and oxygen atoms in total. The Kier molecular flexibility index (Phi) is 6.88. The van der Waals surface area contributed by atoms with Crippen molar-refractivity contribution in [1.82, 2.24) is 0 Å². The van der Waals surface area contributed by atoms with E-state index < -0.39 is 0 Å². The number of rotatable bonds is 8. The number of hydrogen-bond donors (Lipinski definition) is 1.